The van der Waals surface area contributed by atoms with E-state index < -0.39 is 4.92 Å². The van der Waals surface area contributed by atoms with Crippen LogP contribution in [0.5, 0.6) is 0 Å². The minimum Gasteiger partial charge on any atom is -0.342 e. The van der Waals surface area contributed by atoms with Crippen molar-refractivity contribution in [2.24, 2.45) is 5.92 Å². The van der Waals surface area contributed by atoms with Gasteiger partial charge in [0.05, 0.1) is 11.3 Å². The van der Waals surface area contributed by atoms with Gasteiger partial charge in [-0.1, -0.05) is 18.2 Å². The predicted octanol–water partition coefficient (Wildman–Crippen LogP) is 1.15. The van der Waals surface area contributed by atoms with Crippen molar-refractivity contribution in [2.45, 2.75) is 19.3 Å². The third-order valence-corrected chi connectivity index (χ3v) is 5.54. The van der Waals surface area contributed by atoms with Gasteiger partial charge in [0.1, 0.15) is 0 Å². The number of piperazine rings is 1. The Bertz CT molecular complexity index is 707. The number of nitrogens with zero attached hydrogens (tertiary/aromatic N) is 4. The number of piperidine rings is 1. The van der Waals surface area contributed by atoms with E-state index >= 15 is 0 Å². The zero-order valence-electron chi connectivity index (χ0n) is 15.7. The Morgan fingerprint density at radius 3 is 2.30 bits per heavy atom. The van der Waals surface area contributed by atoms with Crippen molar-refractivity contribution < 1.29 is 14.5 Å². The van der Waals surface area contributed by atoms with Crippen LogP contribution in [0, 0.1) is 16.0 Å². The van der Waals surface area contributed by atoms with Crippen LogP contribution in [-0.2, 0) is 16.0 Å². The summed E-state index contributed by atoms with van der Waals surface area (Å²) in [7, 11) is 2.06. The van der Waals surface area contributed by atoms with E-state index in [1.807, 2.05) is 4.90 Å². The van der Waals surface area contributed by atoms with Crippen LogP contribution in [-0.4, -0.2) is 77.8 Å². The molecule has 8 nitrogen and oxygen atoms in total. The molecule has 0 aromatic heterocycles. The van der Waals surface area contributed by atoms with E-state index in [0.717, 1.165) is 26.2 Å². The van der Waals surface area contributed by atoms with Crippen LogP contribution >= 0.6 is 0 Å². The molecule has 0 N–H and O–H groups in total. The van der Waals surface area contributed by atoms with E-state index in [4.69, 9.17) is 0 Å². The summed E-state index contributed by atoms with van der Waals surface area (Å²) in [6.45, 7) is 4.41. The molecule has 2 aliphatic rings. The Balaban J connectivity index is 1.52. The van der Waals surface area contributed by atoms with E-state index in [2.05, 4.69) is 11.9 Å². The zero-order valence-corrected chi connectivity index (χ0v) is 15.7. The number of amides is 2. The molecule has 0 radical (unpaired) electrons. The SMILES string of the molecule is CN1CCN(C(=O)C2CCN(C(=O)Cc3ccccc3[N+](=O)[O-])CC2)CC1. The molecule has 0 atom stereocenters. The second-order valence-corrected chi connectivity index (χ2v) is 7.35. The number of rotatable bonds is 4. The van der Waals surface area contributed by atoms with Crippen molar-refractivity contribution in [2.75, 3.05) is 46.3 Å². The van der Waals surface area contributed by atoms with Crippen molar-refractivity contribution in [3.63, 3.8) is 0 Å². The highest BCUT2D eigenvalue weighted by atomic mass is 16.6. The van der Waals surface area contributed by atoms with Gasteiger partial charge in [0.25, 0.3) is 5.69 Å². The van der Waals surface area contributed by atoms with Crippen LogP contribution in [0.4, 0.5) is 5.69 Å². The summed E-state index contributed by atoms with van der Waals surface area (Å²) in [5.41, 5.74) is 0.411. The van der Waals surface area contributed by atoms with E-state index in [1.165, 1.54) is 6.07 Å². The number of carbonyl (C=O) groups excluding carboxylic acids is 2. The van der Waals surface area contributed by atoms with E-state index in [9.17, 15) is 19.7 Å². The van der Waals surface area contributed by atoms with Gasteiger partial charge in [-0.15, -0.1) is 0 Å². The lowest BCUT2D eigenvalue weighted by Gasteiger charge is -2.37. The highest BCUT2D eigenvalue weighted by Gasteiger charge is 2.31. The molecule has 2 heterocycles. The molecule has 1 aromatic carbocycles. The minimum atomic E-state index is -0.455. The molecule has 146 valence electrons. The molecule has 2 fully saturated rings. The fraction of sp³-hybridized carbons (Fsp3) is 0.579. The monoisotopic (exact) mass is 374 g/mol. The van der Waals surface area contributed by atoms with Crippen molar-refractivity contribution in [1.29, 1.82) is 0 Å². The molecule has 27 heavy (non-hydrogen) atoms. The minimum absolute atomic E-state index is 0.0220. The number of nitro groups is 1. The van der Waals surface area contributed by atoms with Crippen molar-refractivity contribution >= 4 is 17.5 Å². The summed E-state index contributed by atoms with van der Waals surface area (Å²) in [5, 5.41) is 11.1. The number of likely N-dealkylation sites (N-methyl/N-ethyl adjacent to an activating group) is 1. The summed E-state index contributed by atoms with van der Waals surface area (Å²) < 4.78 is 0. The van der Waals surface area contributed by atoms with Gasteiger partial charge >= 0.3 is 0 Å². The van der Waals surface area contributed by atoms with Crippen LogP contribution in [0.25, 0.3) is 0 Å². The Hall–Kier alpha value is -2.48. The molecule has 0 saturated carbocycles. The number of likely N-dealkylation sites (tertiary alicyclic amines) is 1. The lowest BCUT2D eigenvalue weighted by atomic mass is 9.94. The summed E-state index contributed by atoms with van der Waals surface area (Å²) in [6.07, 6.45) is 1.34. The van der Waals surface area contributed by atoms with Crippen LogP contribution in [0.1, 0.15) is 18.4 Å². The Kier molecular flexibility index (Phi) is 6.05. The first-order valence-corrected chi connectivity index (χ1v) is 9.43. The number of nitro benzene ring substituents is 1. The maximum atomic E-state index is 12.7. The average molecular weight is 374 g/mol. The van der Waals surface area contributed by atoms with Gasteiger partial charge in [-0.3, -0.25) is 19.7 Å². The fourth-order valence-electron chi connectivity index (χ4n) is 3.77. The Labute approximate surface area is 158 Å². The fourth-order valence-corrected chi connectivity index (χ4v) is 3.77. The van der Waals surface area contributed by atoms with Crippen LogP contribution in [0.3, 0.4) is 0 Å². The van der Waals surface area contributed by atoms with Gasteiger partial charge in [0.2, 0.25) is 11.8 Å². The van der Waals surface area contributed by atoms with Crippen LogP contribution in [0.15, 0.2) is 24.3 Å². The second-order valence-electron chi connectivity index (χ2n) is 7.35. The number of para-hydroxylation sites is 1. The molecule has 2 amide bonds. The maximum absolute atomic E-state index is 12.7. The van der Waals surface area contributed by atoms with Gasteiger partial charge in [0, 0.05) is 56.8 Å². The zero-order chi connectivity index (χ0) is 19.4. The third-order valence-electron chi connectivity index (χ3n) is 5.54. The molecule has 0 unspecified atom stereocenters. The van der Waals surface area contributed by atoms with Crippen molar-refractivity contribution in [1.82, 2.24) is 14.7 Å². The third kappa shape index (κ3) is 4.63. The number of hydrogen-bond acceptors (Lipinski definition) is 5. The largest absolute Gasteiger partial charge is 0.342 e. The average Bonchev–Trinajstić information content (AvgIpc) is 2.68. The van der Waals surface area contributed by atoms with Crippen molar-refractivity contribution in [3.8, 4) is 0 Å². The van der Waals surface area contributed by atoms with Crippen LogP contribution in [0.2, 0.25) is 0 Å². The molecule has 0 spiro atoms. The number of benzene rings is 1. The normalized spacial score (nSPS) is 19.1. The summed E-state index contributed by atoms with van der Waals surface area (Å²) >= 11 is 0. The van der Waals surface area contributed by atoms with Gasteiger partial charge in [-0.25, -0.2) is 0 Å². The smallest absolute Gasteiger partial charge is 0.273 e. The van der Waals surface area contributed by atoms with Crippen molar-refractivity contribution in [3.05, 3.63) is 39.9 Å². The van der Waals surface area contributed by atoms with E-state index in [-0.39, 0.29) is 29.8 Å². The van der Waals surface area contributed by atoms with Gasteiger partial charge in [-0.2, -0.15) is 0 Å². The molecular formula is C19H26N4O4. The summed E-state index contributed by atoms with van der Waals surface area (Å²) in [4.78, 5) is 41.8. The molecule has 8 heteroatoms. The molecule has 1 aromatic rings. The quantitative estimate of drug-likeness (QED) is 0.583. The van der Waals surface area contributed by atoms with E-state index in [0.29, 0.717) is 31.5 Å². The van der Waals surface area contributed by atoms with Gasteiger partial charge in [0.15, 0.2) is 0 Å². The topological polar surface area (TPSA) is 87.0 Å². The first kappa shape index (κ1) is 19.3. The standard InChI is InChI=1S/C19H26N4O4/c1-20-10-12-22(13-11-20)19(25)15-6-8-21(9-7-15)18(24)14-16-4-2-3-5-17(16)23(26)27/h2-5,15H,6-14H2,1H3. The highest BCUT2D eigenvalue weighted by molar-refractivity contribution is 5.81. The number of hydrogen-bond donors (Lipinski definition) is 0. The molecule has 2 saturated heterocycles. The molecule has 2 aliphatic heterocycles. The summed E-state index contributed by atoms with van der Waals surface area (Å²) in [5.74, 6) is 0.0622. The lowest BCUT2D eigenvalue weighted by Crippen LogP contribution is -2.51. The number of carbonyl (C=O) groups is 2. The lowest BCUT2D eigenvalue weighted by molar-refractivity contribution is -0.385. The second kappa shape index (κ2) is 8.47. The molecule has 3 rings (SSSR count). The maximum Gasteiger partial charge on any atom is 0.273 e. The van der Waals surface area contributed by atoms with Gasteiger partial charge < -0.3 is 14.7 Å². The summed E-state index contributed by atoms with van der Waals surface area (Å²) in [6, 6.07) is 6.35. The Morgan fingerprint density at radius 1 is 1.04 bits per heavy atom. The highest BCUT2D eigenvalue weighted by Crippen LogP contribution is 2.23. The van der Waals surface area contributed by atoms with Gasteiger partial charge in [-0.05, 0) is 19.9 Å². The van der Waals surface area contributed by atoms with E-state index in [1.54, 1.807) is 23.1 Å². The predicted molar refractivity (Wildman–Crippen MR) is 100 cm³/mol. The molecule has 0 bridgehead atoms. The molecule has 0 aliphatic carbocycles. The first-order chi connectivity index (χ1) is 13.0. The Morgan fingerprint density at radius 2 is 1.67 bits per heavy atom. The first-order valence-electron chi connectivity index (χ1n) is 9.43. The van der Waals surface area contributed by atoms with Crippen LogP contribution < -0.4 is 0 Å². The molecular weight excluding hydrogens is 348 g/mol.